The van der Waals surface area contributed by atoms with E-state index in [1.807, 2.05) is 6.07 Å². The summed E-state index contributed by atoms with van der Waals surface area (Å²) in [6, 6.07) is 27.8. The molecule has 4 aromatic carbocycles. The Kier molecular flexibility index (Phi) is 6.63. The normalized spacial score (nSPS) is 17.8. The Balaban J connectivity index is 1.32. The van der Waals surface area contributed by atoms with Gasteiger partial charge in [-0.15, -0.1) is 0 Å². The van der Waals surface area contributed by atoms with Gasteiger partial charge in [0.25, 0.3) is 0 Å². The zero-order chi connectivity index (χ0) is 24.3. The summed E-state index contributed by atoms with van der Waals surface area (Å²) in [5.41, 5.74) is 6.03. The first kappa shape index (κ1) is 23.1. The minimum absolute atomic E-state index is 0.174. The molecule has 2 aliphatic rings. The lowest BCUT2D eigenvalue weighted by atomic mass is 9.88. The molecule has 1 fully saturated rings. The van der Waals surface area contributed by atoms with Gasteiger partial charge in [-0.1, -0.05) is 61.0 Å². The molecule has 0 aliphatic carbocycles. The first-order valence-electron chi connectivity index (χ1n) is 13.1. The van der Waals surface area contributed by atoms with Crippen LogP contribution in [-0.2, 0) is 11.3 Å². The lowest BCUT2D eigenvalue weighted by Crippen LogP contribution is -2.33. The van der Waals surface area contributed by atoms with Gasteiger partial charge in [0.2, 0.25) is 0 Å². The first-order chi connectivity index (χ1) is 17.8. The Labute approximate surface area is 213 Å². The number of hydrogen-bond acceptors (Lipinski definition) is 4. The zero-order valence-corrected chi connectivity index (χ0v) is 20.9. The van der Waals surface area contributed by atoms with E-state index >= 15 is 0 Å². The maximum absolute atomic E-state index is 6.63. The molecule has 0 saturated carbocycles. The highest BCUT2D eigenvalue weighted by molar-refractivity contribution is 5.94. The molecule has 0 bridgehead atoms. The van der Waals surface area contributed by atoms with Crippen molar-refractivity contribution in [3.8, 4) is 22.6 Å². The number of benzene rings is 4. The van der Waals surface area contributed by atoms with Gasteiger partial charge in [-0.3, -0.25) is 4.90 Å². The van der Waals surface area contributed by atoms with Crippen LogP contribution in [0.4, 0.5) is 0 Å². The number of nitrogens with zero attached hydrogens (tertiary/aromatic N) is 1. The third-order valence-corrected chi connectivity index (χ3v) is 7.55. The molecule has 1 atom stereocenters. The molecule has 2 heterocycles. The van der Waals surface area contributed by atoms with E-state index in [0.29, 0.717) is 6.61 Å². The number of fused-ring (bicyclic) bond motifs is 5. The van der Waals surface area contributed by atoms with Crippen molar-refractivity contribution in [3.05, 3.63) is 95.6 Å². The lowest BCUT2D eigenvalue weighted by Gasteiger charge is -2.26. The lowest BCUT2D eigenvalue weighted by molar-refractivity contribution is 0.0701. The van der Waals surface area contributed by atoms with Crippen LogP contribution in [0.1, 0.15) is 42.1 Å². The monoisotopic (exact) mass is 479 g/mol. The van der Waals surface area contributed by atoms with Crippen molar-refractivity contribution in [2.45, 2.75) is 32.0 Å². The molecule has 4 heteroatoms. The van der Waals surface area contributed by atoms with Gasteiger partial charge in [0.15, 0.2) is 0 Å². The molecule has 0 aromatic heterocycles. The average Bonchev–Trinajstić information content (AvgIpc) is 3.11. The molecule has 0 amide bonds. The Hall–Kier alpha value is -3.34. The molecule has 0 radical (unpaired) electrons. The summed E-state index contributed by atoms with van der Waals surface area (Å²) >= 11 is 0. The van der Waals surface area contributed by atoms with E-state index in [2.05, 4.69) is 77.7 Å². The van der Waals surface area contributed by atoms with Crippen molar-refractivity contribution in [3.63, 3.8) is 0 Å². The minimum atomic E-state index is -0.174. The average molecular weight is 480 g/mol. The SMILES string of the molecule is COc1ccc2c3c(ccc2c1)-c1ccccc1COC3c1ccc(OCCN2CCCCC2)cc1. The molecule has 2 aliphatic heterocycles. The number of rotatable bonds is 6. The van der Waals surface area contributed by atoms with Crippen molar-refractivity contribution < 1.29 is 14.2 Å². The second kappa shape index (κ2) is 10.3. The fourth-order valence-electron chi connectivity index (χ4n) is 5.62. The van der Waals surface area contributed by atoms with E-state index in [-0.39, 0.29) is 6.10 Å². The maximum atomic E-state index is 6.63. The molecular formula is C32H33NO3. The number of ether oxygens (including phenoxy) is 3. The largest absolute Gasteiger partial charge is 0.497 e. The van der Waals surface area contributed by atoms with E-state index < -0.39 is 0 Å². The van der Waals surface area contributed by atoms with Gasteiger partial charge in [0.1, 0.15) is 24.2 Å². The molecule has 1 unspecified atom stereocenters. The molecule has 6 rings (SSSR count). The number of methoxy groups -OCH3 is 1. The van der Waals surface area contributed by atoms with Crippen LogP contribution in [0.3, 0.4) is 0 Å². The van der Waals surface area contributed by atoms with Crippen LogP contribution in [0.5, 0.6) is 11.5 Å². The third-order valence-electron chi connectivity index (χ3n) is 7.55. The van der Waals surface area contributed by atoms with E-state index in [9.17, 15) is 0 Å². The second-order valence-corrected chi connectivity index (χ2v) is 9.78. The maximum Gasteiger partial charge on any atom is 0.119 e. The van der Waals surface area contributed by atoms with Gasteiger partial charge in [-0.2, -0.15) is 0 Å². The zero-order valence-electron chi connectivity index (χ0n) is 20.9. The highest BCUT2D eigenvalue weighted by atomic mass is 16.5. The molecule has 4 nitrogen and oxygen atoms in total. The third kappa shape index (κ3) is 4.59. The summed E-state index contributed by atoms with van der Waals surface area (Å²) in [5.74, 6) is 1.77. The van der Waals surface area contributed by atoms with Crippen LogP contribution >= 0.6 is 0 Å². The summed E-state index contributed by atoms with van der Waals surface area (Å²) < 4.78 is 18.2. The Morgan fingerprint density at radius 3 is 2.47 bits per heavy atom. The van der Waals surface area contributed by atoms with Crippen LogP contribution in [0.25, 0.3) is 21.9 Å². The van der Waals surface area contributed by atoms with Gasteiger partial charge in [-0.05, 0) is 83.2 Å². The van der Waals surface area contributed by atoms with Crippen molar-refractivity contribution in [1.82, 2.24) is 4.90 Å². The van der Waals surface area contributed by atoms with Crippen LogP contribution in [0, 0.1) is 0 Å². The Morgan fingerprint density at radius 2 is 1.64 bits per heavy atom. The van der Waals surface area contributed by atoms with Gasteiger partial charge in [0.05, 0.1) is 13.7 Å². The molecule has 36 heavy (non-hydrogen) atoms. The standard InChI is InChI=1S/C32H33NO3/c1-34-27-14-16-29-24(21-27)11-15-30-28-8-4-3-7-25(28)22-36-32(31(29)30)23-9-12-26(13-10-23)35-20-19-33-17-5-2-6-18-33/h3-4,7-16,21,32H,2,5-6,17-20,22H2,1H3. The number of likely N-dealkylation sites (tertiary alicyclic amines) is 1. The Bertz CT molecular complexity index is 1340. The topological polar surface area (TPSA) is 30.9 Å². The smallest absolute Gasteiger partial charge is 0.119 e. The van der Waals surface area contributed by atoms with Crippen molar-refractivity contribution >= 4 is 10.8 Å². The predicted molar refractivity (Wildman–Crippen MR) is 145 cm³/mol. The molecule has 4 aromatic rings. The fourth-order valence-corrected chi connectivity index (χ4v) is 5.62. The quantitative estimate of drug-likeness (QED) is 0.298. The van der Waals surface area contributed by atoms with E-state index in [1.54, 1.807) is 7.11 Å². The summed E-state index contributed by atoms with van der Waals surface area (Å²) in [5, 5.41) is 2.34. The first-order valence-corrected chi connectivity index (χ1v) is 13.1. The van der Waals surface area contributed by atoms with Gasteiger partial charge >= 0.3 is 0 Å². The van der Waals surface area contributed by atoms with Crippen molar-refractivity contribution in [1.29, 1.82) is 0 Å². The molecule has 1 saturated heterocycles. The van der Waals surface area contributed by atoms with E-state index in [1.165, 1.54) is 60.0 Å². The van der Waals surface area contributed by atoms with Gasteiger partial charge in [-0.25, -0.2) is 0 Å². The van der Waals surface area contributed by atoms with Crippen molar-refractivity contribution in [2.24, 2.45) is 0 Å². The van der Waals surface area contributed by atoms with Gasteiger partial charge < -0.3 is 14.2 Å². The van der Waals surface area contributed by atoms with E-state index in [0.717, 1.165) is 35.6 Å². The summed E-state index contributed by atoms with van der Waals surface area (Å²) in [7, 11) is 1.71. The van der Waals surface area contributed by atoms with Gasteiger partial charge in [0, 0.05) is 12.1 Å². The molecule has 184 valence electrons. The highest BCUT2D eigenvalue weighted by Crippen LogP contribution is 2.44. The number of piperidine rings is 1. The minimum Gasteiger partial charge on any atom is -0.497 e. The van der Waals surface area contributed by atoms with E-state index in [4.69, 9.17) is 14.2 Å². The molecular weight excluding hydrogens is 446 g/mol. The molecule has 0 N–H and O–H groups in total. The summed E-state index contributed by atoms with van der Waals surface area (Å²) in [6.07, 6.45) is 3.80. The summed E-state index contributed by atoms with van der Waals surface area (Å²) in [6.45, 7) is 4.69. The molecule has 0 spiro atoms. The van der Waals surface area contributed by atoms with Crippen LogP contribution < -0.4 is 9.47 Å². The van der Waals surface area contributed by atoms with Crippen molar-refractivity contribution in [2.75, 3.05) is 33.4 Å². The fraction of sp³-hybridized carbons (Fsp3) is 0.312. The number of hydrogen-bond donors (Lipinski definition) is 0. The van der Waals surface area contributed by atoms with Crippen LogP contribution in [0.2, 0.25) is 0 Å². The van der Waals surface area contributed by atoms with Crippen LogP contribution in [0.15, 0.2) is 78.9 Å². The second-order valence-electron chi connectivity index (χ2n) is 9.78. The Morgan fingerprint density at radius 1 is 0.833 bits per heavy atom. The van der Waals surface area contributed by atoms with Crippen LogP contribution in [-0.4, -0.2) is 38.3 Å². The highest BCUT2D eigenvalue weighted by Gasteiger charge is 2.26. The predicted octanol–water partition coefficient (Wildman–Crippen LogP) is 7.00. The summed E-state index contributed by atoms with van der Waals surface area (Å²) in [4.78, 5) is 2.51.